The second-order valence-corrected chi connectivity index (χ2v) is 6.11. The fourth-order valence-corrected chi connectivity index (χ4v) is 3.20. The van der Waals surface area contributed by atoms with Crippen molar-refractivity contribution in [2.75, 3.05) is 34.4 Å². The van der Waals surface area contributed by atoms with Gasteiger partial charge in [-0.15, -0.1) is 5.10 Å². The molecule has 1 aromatic heterocycles. The van der Waals surface area contributed by atoms with Gasteiger partial charge in [0.05, 0.1) is 39.2 Å². The molecule has 134 valence electrons. The molecule has 1 amide bonds. The third-order valence-corrected chi connectivity index (χ3v) is 4.75. The van der Waals surface area contributed by atoms with E-state index in [1.165, 1.54) is 0 Å². The number of amides is 1. The van der Waals surface area contributed by atoms with Crippen molar-refractivity contribution in [1.29, 1.82) is 0 Å². The maximum atomic E-state index is 12.9. The van der Waals surface area contributed by atoms with E-state index in [2.05, 4.69) is 10.3 Å². The van der Waals surface area contributed by atoms with Gasteiger partial charge in [0.15, 0.2) is 0 Å². The first-order chi connectivity index (χ1) is 12.0. The standard InChI is InChI=1S/C17H22N4O4/c1-11-13(23-3)6-12(7-14(11)24-4)16(22)21-9-17(10-21,25-5)15-8-18-19-20(15)2/h6-8H,9-10H2,1-5H3. The molecule has 2 aromatic rings. The van der Waals surface area contributed by atoms with E-state index in [1.807, 2.05) is 14.0 Å². The van der Waals surface area contributed by atoms with Gasteiger partial charge in [0.2, 0.25) is 0 Å². The van der Waals surface area contributed by atoms with Crippen LogP contribution in [0.2, 0.25) is 0 Å². The molecule has 0 spiro atoms. The minimum atomic E-state index is -0.577. The van der Waals surface area contributed by atoms with Crippen LogP contribution in [0.25, 0.3) is 0 Å². The van der Waals surface area contributed by atoms with Crippen LogP contribution in [0.1, 0.15) is 21.6 Å². The Labute approximate surface area is 146 Å². The van der Waals surface area contributed by atoms with Crippen LogP contribution in [0.5, 0.6) is 11.5 Å². The quantitative estimate of drug-likeness (QED) is 0.808. The van der Waals surface area contributed by atoms with Gasteiger partial charge in [0.25, 0.3) is 5.91 Å². The Morgan fingerprint density at radius 3 is 2.20 bits per heavy atom. The summed E-state index contributed by atoms with van der Waals surface area (Å²) in [5, 5.41) is 7.84. The van der Waals surface area contributed by atoms with Gasteiger partial charge in [-0.1, -0.05) is 5.21 Å². The molecule has 0 atom stereocenters. The fourth-order valence-electron chi connectivity index (χ4n) is 3.20. The third-order valence-electron chi connectivity index (χ3n) is 4.75. The molecule has 1 aliphatic rings. The van der Waals surface area contributed by atoms with Crippen LogP contribution >= 0.6 is 0 Å². The lowest BCUT2D eigenvalue weighted by Gasteiger charge is -2.48. The normalized spacial score (nSPS) is 15.6. The zero-order chi connectivity index (χ0) is 18.2. The van der Waals surface area contributed by atoms with Crippen molar-refractivity contribution >= 4 is 5.91 Å². The zero-order valence-electron chi connectivity index (χ0n) is 15.1. The molecule has 1 saturated heterocycles. The van der Waals surface area contributed by atoms with E-state index in [9.17, 15) is 4.79 Å². The molecule has 3 rings (SSSR count). The number of aryl methyl sites for hydroxylation is 1. The van der Waals surface area contributed by atoms with Crippen LogP contribution in [-0.2, 0) is 17.4 Å². The highest BCUT2D eigenvalue weighted by Gasteiger charge is 2.49. The van der Waals surface area contributed by atoms with Crippen LogP contribution in [0.15, 0.2) is 18.3 Å². The molecular weight excluding hydrogens is 324 g/mol. The molecule has 0 bridgehead atoms. The first-order valence-corrected chi connectivity index (χ1v) is 7.88. The molecule has 1 aliphatic heterocycles. The molecule has 0 saturated carbocycles. The SMILES string of the molecule is COc1cc(C(=O)N2CC(OC)(c3cnnn3C)C2)cc(OC)c1C. The number of rotatable bonds is 5. The molecule has 25 heavy (non-hydrogen) atoms. The van der Waals surface area contributed by atoms with Crippen molar-refractivity contribution in [3.63, 3.8) is 0 Å². The van der Waals surface area contributed by atoms with Gasteiger partial charge in [-0.05, 0) is 19.1 Å². The van der Waals surface area contributed by atoms with Crippen LogP contribution in [0, 0.1) is 6.92 Å². The highest BCUT2D eigenvalue weighted by molar-refractivity contribution is 5.96. The van der Waals surface area contributed by atoms with Crippen molar-refractivity contribution in [2.24, 2.45) is 7.05 Å². The second kappa shape index (κ2) is 6.36. The van der Waals surface area contributed by atoms with E-state index < -0.39 is 5.60 Å². The van der Waals surface area contributed by atoms with E-state index in [-0.39, 0.29) is 5.91 Å². The first kappa shape index (κ1) is 17.2. The van der Waals surface area contributed by atoms with E-state index in [0.29, 0.717) is 30.2 Å². The van der Waals surface area contributed by atoms with E-state index in [1.54, 1.807) is 49.2 Å². The number of aromatic nitrogens is 3. The van der Waals surface area contributed by atoms with E-state index >= 15 is 0 Å². The number of benzene rings is 1. The lowest BCUT2D eigenvalue weighted by Crippen LogP contribution is -2.62. The average Bonchev–Trinajstić information content (AvgIpc) is 3.01. The number of nitrogens with zero attached hydrogens (tertiary/aromatic N) is 4. The van der Waals surface area contributed by atoms with Gasteiger partial charge in [-0.3, -0.25) is 4.79 Å². The van der Waals surface area contributed by atoms with Crippen molar-refractivity contribution in [3.8, 4) is 11.5 Å². The molecule has 1 aromatic carbocycles. The van der Waals surface area contributed by atoms with E-state index in [4.69, 9.17) is 14.2 Å². The lowest BCUT2D eigenvalue weighted by atomic mass is 9.89. The van der Waals surface area contributed by atoms with Gasteiger partial charge in [-0.25, -0.2) is 4.68 Å². The highest BCUT2D eigenvalue weighted by Crippen LogP contribution is 2.37. The predicted molar refractivity (Wildman–Crippen MR) is 89.9 cm³/mol. The van der Waals surface area contributed by atoms with Crippen LogP contribution in [-0.4, -0.2) is 60.2 Å². The summed E-state index contributed by atoms with van der Waals surface area (Å²) in [6.07, 6.45) is 1.67. The summed E-state index contributed by atoms with van der Waals surface area (Å²) in [5.41, 5.74) is 1.65. The molecule has 0 radical (unpaired) electrons. The van der Waals surface area contributed by atoms with E-state index in [0.717, 1.165) is 11.3 Å². The minimum Gasteiger partial charge on any atom is -0.496 e. The number of methoxy groups -OCH3 is 3. The maximum absolute atomic E-state index is 12.9. The lowest BCUT2D eigenvalue weighted by molar-refractivity contribution is -0.119. The summed E-state index contributed by atoms with van der Waals surface area (Å²) in [4.78, 5) is 14.6. The monoisotopic (exact) mass is 346 g/mol. The second-order valence-electron chi connectivity index (χ2n) is 6.11. The van der Waals surface area contributed by atoms with Crippen molar-refractivity contribution in [3.05, 3.63) is 35.2 Å². The Morgan fingerprint density at radius 1 is 1.16 bits per heavy atom. The highest BCUT2D eigenvalue weighted by atomic mass is 16.5. The number of hydrogen-bond donors (Lipinski definition) is 0. The minimum absolute atomic E-state index is 0.0978. The molecule has 2 heterocycles. The maximum Gasteiger partial charge on any atom is 0.254 e. The van der Waals surface area contributed by atoms with Gasteiger partial charge in [-0.2, -0.15) is 0 Å². The van der Waals surface area contributed by atoms with Crippen molar-refractivity contribution in [2.45, 2.75) is 12.5 Å². The van der Waals surface area contributed by atoms with Crippen LogP contribution < -0.4 is 9.47 Å². The predicted octanol–water partition coefficient (Wildman–Crippen LogP) is 1.14. The molecule has 0 aliphatic carbocycles. The van der Waals surface area contributed by atoms with Gasteiger partial charge < -0.3 is 19.1 Å². The van der Waals surface area contributed by atoms with Gasteiger partial charge in [0, 0.05) is 25.3 Å². The molecule has 1 fully saturated rings. The summed E-state index contributed by atoms with van der Waals surface area (Å²) in [6.45, 7) is 2.75. The first-order valence-electron chi connectivity index (χ1n) is 7.88. The topological polar surface area (TPSA) is 78.7 Å². The molecule has 0 N–H and O–H groups in total. The summed E-state index contributed by atoms with van der Waals surface area (Å²) >= 11 is 0. The van der Waals surface area contributed by atoms with Crippen LogP contribution in [0.4, 0.5) is 0 Å². The Kier molecular flexibility index (Phi) is 4.38. The number of ether oxygens (including phenoxy) is 3. The summed E-state index contributed by atoms with van der Waals surface area (Å²) < 4.78 is 18.1. The zero-order valence-corrected chi connectivity index (χ0v) is 15.1. The van der Waals surface area contributed by atoms with Gasteiger partial charge in [0.1, 0.15) is 17.1 Å². The number of hydrogen-bond acceptors (Lipinski definition) is 6. The molecule has 8 nitrogen and oxygen atoms in total. The van der Waals surface area contributed by atoms with Gasteiger partial charge >= 0.3 is 0 Å². The Morgan fingerprint density at radius 2 is 1.76 bits per heavy atom. The largest absolute Gasteiger partial charge is 0.496 e. The number of likely N-dealkylation sites (tertiary alicyclic amines) is 1. The number of carbonyl (C=O) groups excluding carboxylic acids is 1. The molecule has 0 unspecified atom stereocenters. The smallest absolute Gasteiger partial charge is 0.254 e. The fraction of sp³-hybridized carbons (Fsp3) is 0.471. The van der Waals surface area contributed by atoms with Crippen molar-refractivity contribution < 1.29 is 19.0 Å². The summed E-state index contributed by atoms with van der Waals surface area (Å²) in [7, 11) is 6.59. The molecular formula is C17H22N4O4. The summed E-state index contributed by atoms with van der Waals surface area (Å²) in [6, 6.07) is 3.47. The summed E-state index contributed by atoms with van der Waals surface area (Å²) in [5.74, 6) is 1.15. The van der Waals surface area contributed by atoms with Crippen LogP contribution in [0.3, 0.4) is 0 Å². The molecule has 8 heteroatoms. The Bertz CT molecular complexity index is 771. The number of carbonyl (C=O) groups is 1. The Hall–Kier alpha value is -2.61. The van der Waals surface area contributed by atoms with Crippen molar-refractivity contribution in [1.82, 2.24) is 19.9 Å². The third kappa shape index (κ3) is 2.72. The average molecular weight is 346 g/mol. The Balaban J connectivity index is 1.83.